The van der Waals surface area contributed by atoms with E-state index >= 15 is 0 Å². The molecular weight excluding hydrogens is 586 g/mol. The topological polar surface area (TPSA) is 115 Å². The Kier molecular flexibility index (Phi) is 9.79. The van der Waals surface area contributed by atoms with E-state index in [2.05, 4.69) is 31.6 Å². The van der Waals surface area contributed by atoms with Crippen LogP contribution in [0.4, 0.5) is 26.3 Å². The fourth-order valence-corrected chi connectivity index (χ4v) is 4.97. The highest BCUT2D eigenvalue weighted by Crippen LogP contribution is 2.32. The fourth-order valence-electron chi connectivity index (χ4n) is 4.97. The van der Waals surface area contributed by atoms with E-state index < -0.39 is 18.5 Å². The number of carbonyl (C=O) groups excluding carboxylic acids is 1. The van der Waals surface area contributed by atoms with E-state index in [-0.39, 0.29) is 17.6 Å². The molecule has 16 heteroatoms. The maximum Gasteiger partial charge on any atom is 0.573 e. The first-order chi connectivity index (χ1) is 20.2. The highest BCUT2D eigenvalue weighted by molar-refractivity contribution is 5.94. The molecule has 5 rings (SSSR count). The van der Waals surface area contributed by atoms with E-state index in [0.29, 0.717) is 18.7 Å². The SMILES string of the molecule is CN1CCN(Cc2nc3c(C4CCN(C(=O)c5ccc(OC(F)(F)F)cc5)CC4)ccnc3[nH]2)CC1.O=C(O)C(F)(F)F. The van der Waals surface area contributed by atoms with Crippen LogP contribution in [0.5, 0.6) is 5.75 Å². The number of piperazine rings is 1. The van der Waals surface area contributed by atoms with Crippen molar-refractivity contribution in [3.8, 4) is 5.75 Å². The van der Waals surface area contributed by atoms with Gasteiger partial charge in [-0.1, -0.05) is 0 Å². The van der Waals surface area contributed by atoms with E-state index in [9.17, 15) is 31.1 Å². The molecule has 43 heavy (non-hydrogen) atoms. The van der Waals surface area contributed by atoms with Crippen LogP contribution in [-0.4, -0.2) is 105 Å². The lowest BCUT2D eigenvalue weighted by Crippen LogP contribution is -2.44. The Balaban J connectivity index is 0.000000541. The van der Waals surface area contributed by atoms with E-state index in [0.717, 1.165) is 68.1 Å². The molecule has 1 amide bonds. The van der Waals surface area contributed by atoms with Gasteiger partial charge in [-0.25, -0.2) is 14.8 Å². The predicted molar refractivity (Wildman–Crippen MR) is 141 cm³/mol. The van der Waals surface area contributed by atoms with Gasteiger partial charge in [0, 0.05) is 51.0 Å². The number of aromatic nitrogens is 3. The van der Waals surface area contributed by atoms with Gasteiger partial charge < -0.3 is 24.6 Å². The molecule has 2 aromatic heterocycles. The lowest BCUT2D eigenvalue weighted by atomic mass is 9.89. The minimum absolute atomic E-state index is 0.193. The first kappa shape index (κ1) is 32.0. The molecule has 0 spiro atoms. The fraction of sp³-hybridized carbons (Fsp3) is 0.481. The van der Waals surface area contributed by atoms with Crippen molar-refractivity contribution < 1.29 is 45.8 Å². The van der Waals surface area contributed by atoms with Gasteiger partial charge in [0.25, 0.3) is 5.91 Å². The molecule has 2 saturated heterocycles. The molecular formula is C27H30F6N6O4. The molecule has 2 fully saturated rings. The molecule has 0 saturated carbocycles. The molecule has 0 atom stereocenters. The summed E-state index contributed by atoms with van der Waals surface area (Å²) >= 11 is 0. The number of nitrogens with one attached hydrogen (secondary N) is 1. The quantitative estimate of drug-likeness (QED) is 0.409. The number of rotatable bonds is 5. The second kappa shape index (κ2) is 13.2. The molecule has 0 aliphatic carbocycles. The zero-order valence-electron chi connectivity index (χ0n) is 23.1. The monoisotopic (exact) mass is 616 g/mol. The minimum atomic E-state index is -5.08. The third-order valence-corrected chi connectivity index (χ3v) is 7.23. The van der Waals surface area contributed by atoms with Gasteiger partial charge in [-0.2, -0.15) is 13.2 Å². The number of likely N-dealkylation sites (tertiary alicyclic amines) is 1. The van der Waals surface area contributed by atoms with Gasteiger partial charge in [-0.15, -0.1) is 13.2 Å². The number of H-pyrrole nitrogens is 1. The van der Waals surface area contributed by atoms with Crippen molar-refractivity contribution >= 4 is 23.0 Å². The first-order valence-electron chi connectivity index (χ1n) is 13.4. The summed E-state index contributed by atoms with van der Waals surface area (Å²) in [4.78, 5) is 41.0. The molecule has 3 aromatic rings. The number of likely N-dealkylation sites (N-methyl/N-ethyl adjacent to an activating group) is 1. The van der Waals surface area contributed by atoms with Gasteiger partial charge in [-0.05, 0) is 61.7 Å². The van der Waals surface area contributed by atoms with Gasteiger partial charge >= 0.3 is 18.5 Å². The minimum Gasteiger partial charge on any atom is -0.475 e. The van der Waals surface area contributed by atoms with Crippen molar-refractivity contribution in [3.63, 3.8) is 0 Å². The summed E-state index contributed by atoms with van der Waals surface area (Å²) in [5.41, 5.74) is 3.17. The third-order valence-electron chi connectivity index (χ3n) is 7.23. The average molecular weight is 617 g/mol. The molecule has 10 nitrogen and oxygen atoms in total. The number of carboxylic acids is 1. The van der Waals surface area contributed by atoms with Crippen LogP contribution in [0.1, 0.15) is 40.5 Å². The van der Waals surface area contributed by atoms with Crippen LogP contribution >= 0.6 is 0 Å². The summed E-state index contributed by atoms with van der Waals surface area (Å²) in [5.74, 6) is -2.12. The van der Waals surface area contributed by atoms with E-state index in [4.69, 9.17) is 14.9 Å². The Morgan fingerprint density at radius 2 is 1.58 bits per heavy atom. The number of piperidine rings is 1. The lowest BCUT2D eigenvalue weighted by molar-refractivity contribution is -0.274. The summed E-state index contributed by atoms with van der Waals surface area (Å²) in [6.07, 6.45) is -6.48. The van der Waals surface area contributed by atoms with Crippen LogP contribution in [0.3, 0.4) is 0 Å². The van der Waals surface area contributed by atoms with Gasteiger partial charge in [0.05, 0.1) is 6.54 Å². The van der Waals surface area contributed by atoms with Crippen molar-refractivity contribution in [1.82, 2.24) is 29.7 Å². The molecule has 0 unspecified atom stereocenters. The predicted octanol–water partition coefficient (Wildman–Crippen LogP) is 4.26. The summed E-state index contributed by atoms with van der Waals surface area (Å²) < 4.78 is 72.7. The second-order valence-corrected chi connectivity index (χ2v) is 10.3. The van der Waals surface area contributed by atoms with Crippen molar-refractivity contribution in [2.75, 3.05) is 46.3 Å². The summed E-state index contributed by atoms with van der Waals surface area (Å²) in [5, 5.41) is 7.12. The maximum absolute atomic E-state index is 12.9. The van der Waals surface area contributed by atoms with Crippen molar-refractivity contribution in [1.29, 1.82) is 0 Å². The standard InChI is InChI=1S/C25H29F3N6O2.C2HF3O2/c1-32-12-14-33(15-13-32)16-21-30-22-20(6-9-29-23(22)31-21)17-7-10-34(11-8-17)24(35)18-2-4-19(5-3-18)36-25(26,27)28;3-2(4,5)1(6)7/h2-6,9,17H,7-8,10-16H2,1H3,(H,29,30,31);(H,6,7). The first-order valence-corrected chi connectivity index (χ1v) is 13.4. The number of pyridine rings is 1. The van der Waals surface area contributed by atoms with Crippen LogP contribution in [0.2, 0.25) is 0 Å². The molecule has 2 N–H and O–H groups in total. The van der Waals surface area contributed by atoms with Crippen molar-refractivity contribution in [3.05, 3.63) is 53.5 Å². The van der Waals surface area contributed by atoms with Gasteiger partial charge in [-0.3, -0.25) is 9.69 Å². The zero-order chi connectivity index (χ0) is 31.4. The molecule has 2 aliphatic rings. The molecule has 1 aromatic carbocycles. The van der Waals surface area contributed by atoms with E-state index in [1.807, 2.05) is 6.07 Å². The van der Waals surface area contributed by atoms with Crippen LogP contribution in [0.15, 0.2) is 36.5 Å². The van der Waals surface area contributed by atoms with Crippen LogP contribution in [-0.2, 0) is 11.3 Å². The summed E-state index contributed by atoms with van der Waals surface area (Å²) in [6.45, 7) is 6.01. The zero-order valence-corrected chi connectivity index (χ0v) is 23.1. The number of aliphatic carboxylic acids is 1. The van der Waals surface area contributed by atoms with Crippen LogP contribution in [0, 0.1) is 0 Å². The number of amides is 1. The number of carbonyl (C=O) groups is 2. The Hall–Kier alpha value is -3.92. The van der Waals surface area contributed by atoms with E-state index in [1.165, 1.54) is 24.3 Å². The molecule has 4 heterocycles. The smallest absolute Gasteiger partial charge is 0.475 e. The largest absolute Gasteiger partial charge is 0.573 e. The maximum atomic E-state index is 12.9. The summed E-state index contributed by atoms with van der Waals surface area (Å²) in [7, 11) is 2.14. The number of hydrogen-bond acceptors (Lipinski definition) is 7. The Morgan fingerprint density at radius 1 is 0.977 bits per heavy atom. The molecule has 2 aliphatic heterocycles. The Morgan fingerprint density at radius 3 is 2.14 bits per heavy atom. The Bertz CT molecular complexity index is 1400. The number of carboxylic acid groups (broad SMARTS) is 1. The molecule has 234 valence electrons. The van der Waals surface area contributed by atoms with Gasteiger partial charge in [0.15, 0.2) is 5.65 Å². The van der Waals surface area contributed by atoms with E-state index in [1.54, 1.807) is 11.1 Å². The number of fused-ring (bicyclic) bond motifs is 1. The third kappa shape index (κ3) is 8.79. The molecule has 0 bridgehead atoms. The van der Waals surface area contributed by atoms with Gasteiger partial charge in [0.1, 0.15) is 17.1 Å². The summed E-state index contributed by atoms with van der Waals surface area (Å²) in [6, 6.07) is 7.09. The normalized spacial score (nSPS) is 17.4. The van der Waals surface area contributed by atoms with Crippen molar-refractivity contribution in [2.24, 2.45) is 0 Å². The number of hydrogen-bond donors (Lipinski definition) is 2. The van der Waals surface area contributed by atoms with Gasteiger partial charge in [0.2, 0.25) is 0 Å². The number of benzene rings is 1. The highest BCUT2D eigenvalue weighted by atomic mass is 19.4. The Labute approximate surface area is 242 Å². The number of imidazole rings is 1. The second-order valence-electron chi connectivity index (χ2n) is 10.3. The number of alkyl halides is 6. The highest BCUT2D eigenvalue weighted by Gasteiger charge is 2.38. The number of nitrogens with zero attached hydrogens (tertiary/aromatic N) is 5. The lowest BCUT2D eigenvalue weighted by Gasteiger charge is -2.32. The van der Waals surface area contributed by atoms with Crippen molar-refractivity contribution in [2.45, 2.75) is 37.8 Å². The van der Waals surface area contributed by atoms with Crippen LogP contribution < -0.4 is 4.74 Å². The number of halogens is 6. The number of ether oxygens (including phenoxy) is 1. The van der Waals surface area contributed by atoms with Crippen LogP contribution in [0.25, 0.3) is 11.2 Å². The molecule has 0 radical (unpaired) electrons. The average Bonchev–Trinajstić information content (AvgIpc) is 3.36. The number of aromatic amines is 1.